The monoisotopic (exact) mass is 356 g/mol. The molecule has 2 aromatic heterocycles. The molecule has 2 heterocycles. The number of ketones is 1. The van der Waals surface area contributed by atoms with Gasteiger partial charge in [0.1, 0.15) is 0 Å². The molecule has 1 amide bonds. The minimum Gasteiger partial charge on any atom is -0.363 e. The molecule has 0 saturated carbocycles. The van der Waals surface area contributed by atoms with Crippen LogP contribution in [0, 0.1) is 0 Å². The number of carbonyl (C=O) groups is 2. The van der Waals surface area contributed by atoms with Crippen LogP contribution >= 0.6 is 34.4 Å². The van der Waals surface area contributed by atoms with Crippen molar-refractivity contribution in [2.45, 2.75) is 30.0 Å². The normalized spacial score (nSPS) is 12.0. The molecule has 2 N–H and O–H groups in total. The number of carbonyl (C=O) groups excluding carboxylic acids is 2. The minimum absolute atomic E-state index is 0.0604. The summed E-state index contributed by atoms with van der Waals surface area (Å²) in [5.41, 5.74) is 0. The molecule has 0 bridgehead atoms. The number of anilines is 1. The highest BCUT2D eigenvalue weighted by atomic mass is 32.2. The van der Waals surface area contributed by atoms with Gasteiger partial charge in [-0.1, -0.05) is 23.1 Å². The number of Topliss-reactive ketones (excluding diaryl/α,β-unsaturated/α-hetero) is 1. The highest BCUT2D eigenvalue weighted by Gasteiger charge is 2.20. The van der Waals surface area contributed by atoms with Crippen molar-refractivity contribution in [3.05, 3.63) is 21.9 Å². The van der Waals surface area contributed by atoms with E-state index >= 15 is 0 Å². The highest BCUT2D eigenvalue weighted by Crippen LogP contribution is 2.31. The largest absolute Gasteiger partial charge is 0.363 e. The fourth-order valence-electron chi connectivity index (χ4n) is 1.58. The number of rotatable bonds is 7. The maximum absolute atomic E-state index is 12.4. The summed E-state index contributed by atoms with van der Waals surface area (Å²) in [5, 5.41) is 14.1. The summed E-state index contributed by atoms with van der Waals surface area (Å²) >= 11 is 4.24. The topological polar surface area (TPSA) is 84.0 Å². The van der Waals surface area contributed by atoms with Crippen molar-refractivity contribution in [2.75, 3.05) is 12.4 Å². The molecule has 0 saturated heterocycles. The van der Waals surface area contributed by atoms with Gasteiger partial charge in [0, 0.05) is 18.8 Å². The molecular weight excluding hydrogens is 340 g/mol. The van der Waals surface area contributed by atoms with Gasteiger partial charge in [-0.05, 0) is 19.1 Å². The van der Waals surface area contributed by atoms with E-state index in [0.717, 1.165) is 14.3 Å². The fraction of sp³-hybridized carbons (Fsp3) is 0.385. The van der Waals surface area contributed by atoms with Crippen molar-refractivity contribution in [1.29, 1.82) is 0 Å². The molecule has 1 atom stereocenters. The Balaban J connectivity index is 1.96. The van der Waals surface area contributed by atoms with Crippen LogP contribution in [0.15, 0.2) is 16.5 Å². The molecule has 22 heavy (non-hydrogen) atoms. The van der Waals surface area contributed by atoms with Crippen LogP contribution in [0.4, 0.5) is 5.13 Å². The molecule has 0 unspecified atom stereocenters. The molecule has 0 aromatic carbocycles. The Morgan fingerprint density at radius 1 is 1.32 bits per heavy atom. The lowest BCUT2D eigenvalue weighted by atomic mass is 10.2. The van der Waals surface area contributed by atoms with E-state index in [1.54, 1.807) is 13.1 Å². The second kappa shape index (κ2) is 7.70. The number of hydrogen-bond acceptors (Lipinski definition) is 8. The summed E-state index contributed by atoms with van der Waals surface area (Å²) in [6.45, 7) is 3.79. The van der Waals surface area contributed by atoms with Crippen molar-refractivity contribution in [2.24, 2.45) is 0 Å². The predicted octanol–water partition coefficient (Wildman–Crippen LogP) is 2.64. The van der Waals surface area contributed by atoms with Crippen LogP contribution in [-0.2, 0) is 11.3 Å². The molecule has 0 fully saturated rings. The summed E-state index contributed by atoms with van der Waals surface area (Å²) < 4.78 is 0.764. The molecular formula is C13H16N4O2S3. The first kappa shape index (κ1) is 16.9. The summed E-state index contributed by atoms with van der Waals surface area (Å²) in [5.74, 6) is -0.0212. The third-order valence-electron chi connectivity index (χ3n) is 2.68. The molecule has 0 spiro atoms. The summed E-state index contributed by atoms with van der Waals surface area (Å²) in [7, 11) is 1.78. The summed E-state index contributed by atoms with van der Waals surface area (Å²) in [6.07, 6.45) is 0. The van der Waals surface area contributed by atoms with Crippen molar-refractivity contribution in [1.82, 2.24) is 15.5 Å². The number of nitrogens with one attached hydrogen (secondary N) is 2. The standard InChI is InChI=1S/C13H16N4O2S3/c1-7(20-13-17-16-12(14-3)22-13)11(19)10-5-4-9(21-10)6-15-8(2)18/h4-5,7H,6H2,1-3H3,(H,14,16)(H,15,18)/t7-/m0/s1. The smallest absolute Gasteiger partial charge is 0.217 e. The molecule has 0 aliphatic heterocycles. The number of thiophene rings is 1. The van der Waals surface area contributed by atoms with Crippen LogP contribution < -0.4 is 10.6 Å². The van der Waals surface area contributed by atoms with Crippen molar-refractivity contribution < 1.29 is 9.59 Å². The molecule has 0 aliphatic rings. The first-order valence-corrected chi connectivity index (χ1v) is 9.06. The van der Waals surface area contributed by atoms with Crippen molar-refractivity contribution >= 4 is 51.3 Å². The average molecular weight is 356 g/mol. The number of thioether (sulfide) groups is 1. The molecule has 118 valence electrons. The number of amides is 1. The Labute approximate surface area is 140 Å². The Morgan fingerprint density at radius 2 is 2.09 bits per heavy atom. The molecule has 2 rings (SSSR count). The van der Waals surface area contributed by atoms with Gasteiger partial charge in [-0.15, -0.1) is 21.5 Å². The molecule has 2 aromatic rings. The first-order chi connectivity index (χ1) is 10.5. The van der Waals surface area contributed by atoms with Crippen molar-refractivity contribution in [3.63, 3.8) is 0 Å². The third kappa shape index (κ3) is 4.52. The quantitative estimate of drug-likeness (QED) is 0.586. The van der Waals surface area contributed by atoms with Gasteiger partial charge in [-0.3, -0.25) is 9.59 Å². The number of nitrogens with zero attached hydrogens (tertiary/aromatic N) is 2. The van der Waals surface area contributed by atoms with E-state index in [1.807, 2.05) is 13.0 Å². The van der Waals surface area contributed by atoms with E-state index in [0.29, 0.717) is 11.4 Å². The third-order valence-corrected chi connectivity index (χ3v) is 5.91. The maximum atomic E-state index is 12.4. The van der Waals surface area contributed by atoms with E-state index in [-0.39, 0.29) is 16.9 Å². The zero-order chi connectivity index (χ0) is 16.1. The van der Waals surface area contributed by atoms with E-state index in [1.165, 1.54) is 41.4 Å². The van der Waals surface area contributed by atoms with Gasteiger partial charge < -0.3 is 10.6 Å². The second-order valence-electron chi connectivity index (χ2n) is 4.42. The van der Waals surface area contributed by atoms with Crippen LogP contribution in [0.3, 0.4) is 0 Å². The SMILES string of the molecule is CNc1nnc(S[C@@H](C)C(=O)c2ccc(CNC(C)=O)s2)s1. The van der Waals surface area contributed by atoms with E-state index < -0.39 is 0 Å². The Bertz CT molecular complexity index is 668. The minimum atomic E-state index is -0.232. The van der Waals surface area contributed by atoms with Gasteiger partial charge in [0.15, 0.2) is 10.1 Å². The van der Waals surface area contributed by atoms with E-state index in [9.17, 15) is 9.59 Å². The molecule has 9 heteroatoms. The van der Waals surface area contributed by atoms with Gasteiger partial charge >= 0.3 is 0 Å². The highest BCUT2D eigenvalue weighted by molar-refractivity contribution is 8.02. The van der Waals surface area contributed by atoms with Gasteiger partial charge in [-0.2, -0.15) is 0 Å². The fourth-order valence-corrected chi connectivity index (χ4v) is 4.55. The zero-order valence-electron chi connectivity index (χ0n) is 12.4. The van der Waals surface area contributed by atoms with E-state index in [2.05, 4.69) is 20.8 Å². The molecule has 0 radical (unpaired) electrons. The first-order valence-electron chi connectivity index (χ1n) is 6.55. The van der Waals surface area contributed by atoms with Crippen LogP contribution in [0.25, 0.3) is 0 Å². The van der Waals surface area contributed by atoms with E-state index in [4.69, 9.17) is 0 Å². The lowest BCUT2D eigenvalue weighted by Crippen LogP contribution is -2.18. The molecule has 0 aliphatic carbocycles. The van der Waals surface area contributed by atoms with Gasteiger partial charge in [0.05, 0.1) is 16.7 Å². The summed E-state index contributed by atoms with van der Waals surface area (Å²) in [4.78, 5) is 25.0. The predicted molar refractivity (Wildman–Crippen MR) is 90.9 cm³/mol. The lowest BCUT2D eigenvalue weighted by Gasteiger charge is -2.05. The Morgan fingerprint density at radius 3 is 2.73 bits per heavy atom. The molecule has 6 nitrogen and oxygen atoms in total. The second-order valence-corrected chi connectivity index (χ2v) is 8.16. The van der Waals surface area contributed by atoms with Gasteiger partial charge in [0.2, 0.25) is 11.0 Å². The van der Waals surface area contributed by atoms with Crippen LogP contribution in [-0.4, -0.2) is 34.2 Å². The van der Waals surface area contributed by atoms with Crippen LogP contribution in [0.5, 0.6) is 0 Å². The zero-order valence-corrected chi connectivity index (χ0v) is 14.8. The number of aromatic nitrogens is 2. The van der Waals surface area contributed by atoms with Crippen LogP contribution in [0.2, 0.25) is 0 Å². The van der Waals surface area contributed by atoms with Gasteiger partial charge in [-0.25, -0.2) is 0 Å². The Kier molecular flexibility index (Phi) is 5.92. The lowest BCUT2D eigenvalue weighted by molar-refractivity contribution is -0.119. The number of hydrogen-bond donors (Lipinski definition) is 2. The Hall–Kier alpha value is -1.45. The summed E-state index contributed by atoms with van der Waals surface area (Å²) in [6, 6.07) is 3.68. The van der Waals surface area contributed by atoms with Gasteiger partial charge in [0.25, 0.3) is 0 Å². The van der Waals surface area contributed by atoms with Crippen molar-refractivity contribution in [3.8, 4) is 0 Å². The maximum Gasteiger partial charge on any atom is 0.217 e. The van der Waals surface area contributed by atoms with Crippen LogP contribution in [0.1, 0.15) is 28.4 Å². The average Bonchev–Trinajstić information content (AvgIpc) is 3.13.